The zero-order valence-electron chi connectivity index (χ0n) is 21.1. The molecule has 3 aliphatic heterocycles. The molecule has 1 aromatic carbocycles. The molecule has 6 rings (SSSR count). The molecule has 8 nitrogen and oxygen atoms in total. The molecular formula is C28H37N5O3. The lowest BCUT2D eigenvalue weighted by Crippen LogP contribution is -2.61. The highest BCUT2D eigenvalue weighted by atomic mass is 16.5. The Morgan fingerprint density at radius 1 is 1.06 bits per heavy atom. The largest absolute Gasteiger partial charge is 0.386 e. The van der Waals surface area contributed by atoms with Crippen LogP contribution in [-0.2, 0) is 4.74 Å². The van der Waals surface area contributed by atoms with Crippen LogP contribution in [0.4, 0.5) is 5.82 Å². The number of aliphatic hydroxyl groups is 1. The van der Waals surface area contributed by atoms with Crippen molar-refractivity contribution in [2.75, 3.05) is 51.3 Å². The number of ether oxygens (including phenoxy) is 1. The van der Waals surface area contributed by atoms with E-state index in [0.29, 0.717) is 24.7 Å². The first-order valence-corrected chi connectivity index (χ1v) is 13.4. The number of aromatic nitrogens is 2. The van der Waals surface area contributed by atoms with Gasteiger partial charge in [0.15, 0.2) is 0 Å². The van der Waals surface area contributed by atoms with Gasteiger partial charge in [0.2, 0.25) is 0 Å². The van der Waals surface area contributed by atoms with Gasteiger partial charge in [-0.2, -0.15) is 0 Å². The normalized spacial score (nSPS) is 28.1. The smallest absolute Gasteiger partial charge is 0.254 e. The molecule has 0 bridgehead atoms. The van der Waals surface area contributed by atoms with Gasteiger partial charge < -0.3 is 25.0 Å². The van der Waals surface area contributed by atoms with Gasteiger partial charge in [-0.3, -0.25) is 4.79 Å². The van der Waals surface area contributed by atoms with Gasteiger partial charge in [-0.25, -0.2) is 0 Å². The van der Waals surface area contributed by atoms with Crippen LogP contribution in [0.2, 0.25) is 0 Å². The van der Waals surface area contributed by atoms with E-state index in [-0.39, 0.29) is 5.91 Å². The SMILES string of the molecule is CC1(O)CN(C(=O)c2ccc(-c3ccc(NC4CC5CN(CC6CCOCC6)C[C@H]5C4)nn3)cc2)C1. The van der Waals surface area contributed by atoms with E-state index in [1.54, 1.807) is 11.8 Å². The van der Waals surface area contributed by atoms with Gasteiger partial charge in [0, 0.05) is 50.0 Å². The summed E-state index contributed by atoms with van der Waals surface area (Å²) in [7, 11) is 0. The number of anilines is 1. The van der Waals surface area contributed by atoms with Crippen molar-refractivity contribution in [3.8, 4) is 11.3 Å². The Morgan fingerprint density at radius 3 is 2.36 bits per heavy atom. The topological polar surface area (TPSA) is 90.8 Å². The molecule has 2 N–H and O–H groups in total. The van der Waals surface area contributed by atoms with Crippen molar-refractivity contribution < 1.29 is 14.6 Å². The lowest BCUT2D eigenvalue weighted by atomic mass is 9.95. The number of benzene rings is 1. The first-order valence-electron chi connectivity index (χ1n) is 13.4. The molecule has 4 heterocycles. The first-order chi connectivity index (χ1) is 17.4. The number of hydrogen-bond acceptors (Lipinski definition) is 7. The van der Waals surface area contributed by atoms with Crippen LogP contribution in [0.1, 0.15) is 43.0 Å². The molecule has 1 saturated carbocycles. The lowest BCUT2D eigenvalue weighted by molar-refractivity contribution is -0.0668. The van der Waals surface area contributed by atoms with Crippen LogP contribution >= 0.6 is 0 Å². The summed E-state index contributed by atoms with van der Waals surface area (Å²) in [6.45, 7) is 8.10. The van der Waals surface area contributed by atoms with E-state index in [9.17, 15) is 9.90 Å². The zero-order valence-corrected chi connectivity index (χ0v) is 21.1. The second kappa shape index (κ2) is 9.72. The minimum atomic E-state index is -0.761. The molecule has 1 amide bonds. The number of amides is 1. The van der Waals surface area contributed by atoms with E-state index in [1.165, 1.54) is 45.3 Å². The van der Waals surface area contributed by atoms with Gasteiger partial charge in [0.25, 0.3) is 5.91 Å². The summed E-state index contributed by atoms with van der Waals surface area (Å²) in [5.74, 6) is 3.18. The fraction of sp³-hybridized carbons (Fsp3) is 0.607. The second-order valence-corrected chi connectivity index (χ2v) is 11.6. The minimum absolute atomic E-state index is 0.0493. The van der Waals surface area contributed by atoms with Crippen molar-refractivity contribution in [2.24, 2.45) is 17.8 Å². The number of fused-ring (bicyclic) bond motifs is 1. The van der Waals surface area contributed by atoms with Crippen LogP contribution in [0.25, 0.3) is 11.3 Å². The van der Waals surface area contributed by atoms with E-state index in [1.807, 2.05) is 36.4 Å². The maximum absolute atomic E-state index is 12.5. The Kier molecular flexibility index (Phi) is 6.44. The number of likely N-dealkylation sites (tertiary alicyclic amines) is 2. The highest BCUT2D eigenvalue weighted by Gasteiger charge is 2.41. The third kappa shape index (κ3) is 5.12. The summed E-state index contributed by atoms with van der Waals surface area (Å²) >= 11 is 0. The number of carbonyl (C=O) groups is 1. The lowest BCUT2D eigenvalue weighted by Gasteiger charge is -2.44. The van der Waals surface area contributed by atoms with Crippen LogP contribution in [0.15, 0.2) is 36.4 Å². The Bertz CT molecular complexity index is 1050. The zero-order chi connectivity index (χ0) is 24.7. The third-order valence-electron chi connectivity index (χ3n) is 8.48. The van der Waals surface area contributed by atoms with Gasteiger partial charge >= 0.3 is 0 Å². The quantitative estimate of drug-likeness (QED) is 0.642. The van der Waals surface area contributed by atoms with Crippen LogP contribution in [0.3, 0.4) is 0 Å². The summed E-state index contributed by atoms with van der Waals surface area (Å²) in [5, 5.41) is 22.4. The average Bonchev–Trinajstić information content (AvgIpc) is 3.41. The van der Waals surface area contributed by atoms with Crippen LogP contribution in [-0.4, -0.2) is 88.6 Å². The molecule has 1 aliphatic carbocycles. The Morgan fingerprint density at radius 2 is 1.75 bits per heavy atom. The molecule has 2 aromatic rings. The fourth-order valence-electron chi connectivity index (χ4n) is 6.62. The number of hydrogen-bond donors (Lipinski definition) is 2. The van der Waals surface area contributed by atoms with Gasteiger partial charge in [-0.05, 0) is 74.6 Å². The van der Waals surface area contributed by atoms with E-state index in [0.717, 1.165) is 48.0 Å². The Labute approximate surface area is 213 Å². The van der Waals surface area contributed by atoms with Crippen LogP contribution in [0, 0.1) is 17.8 Å². The standard InChI is InChI=1S/C28H37N5O3/c1-28(35)17-33(18-28)27(34)21-4-2-20(3-5-21)25-6-7-26(31-30-25)29-24-12-22-15-32(16-23(22)13-24)14-19-8-10-36-11-9-19/h2-7,19,22-24,35H,8-18H2,1H3,(H,29,31)/t22-,23?,24?/m1/s1. The molecule has 0 radical (unpaired) electrons. The number of nitrogens with zero attached hydrogens (tertiary/aromatic N) is 4. The Hall–Kier alpha value is -2.55. The van der Waals surface area contributed by atoms with Gasteiger partial charge in [0.1, 0.15) is 5.82 Å². The van der Waals surface area contributed by atoms with E-state index in [4.69, 9.17) is 4.74 Å². The van der Waals surface area contributed by atoms with Gasteiger partial charge in [-0.1, -0.05) is 12.1 Å². The molecule has 36 heavy (non-hydrogen) atoms. The molecule has 192 valence electrons. The van der Waals surface area contributed by atoms with Crippen molar-refractivity contribution in [3.05, 3.63) is 42.0 Å². The predicted octanol–water partition coefficient (Wildman–Crippen LogP) is 2.90. The summed E-state index contributed by atoms with van der Waals surface area (Å²) in [6.07, 6.45) is 4.85. The van der Waals surface area contributed by atoms with Gasteiger partial charge in [0.05, 0.1) is 24.4 Å². The number of rotatable bonds is 6. The summed E-state index contributed by atoms with van der Waals surface area (Å²) in [5.41, 5.74) is 1.59. The minimum Gasteiger partial charge on any atom is -0.386 e. The number of nitrogens with one attached hydrogen (secondary N) is 1. The van der Waals surface area contributed by atoms with Crippen molar-refractivity contribution in [2.45, 2.75) is 44.2 Å². The fourth-order valence-corrected chi connectivity index (χ4v) is 6.62. The number of carbonyl (C=O) groups excluding carboxylic acids is 1. The molecule has 2 unspecified atom stereocenters. The predicted molar refractivity (Wildman–Crippen MR) is 138 cm³/mol. The van der Waals surface area contributed by atoms with E-state index in [2.05, 4.69) is 20.4 Å². The molecule has 4 aliphatic rings. The average molecular weight is 492 g/mol. The van der Waals surface area contributed by atoms with Crippen molar-refractivity contribution in [1.29, 1.82) is 0 Å². The number of β-amino-alcohol motifs (C(OH)–C–C–N with tert-alkyl or cyclic N) is 1. The summed E-state index contributed by atoms with van der Waals surface area (Å²) in [4.78, 5) is 16.9. The van der Waals surface area contributed by atoms with E-state index >= 15 is 0 Å². The monoisotopic (exact) mass is 491 g/mol. The molecule has 0 spiro atoms. The van der Waals surface area contributed by atoms with Crippen LogP contribution in [0.5, 0.6) is 0 Å². The highest BCUT2D eigenvalue weighted by Crippen LogP contribution is 2.39. The molecule has 3 atom stereocenters. The second-order valence-electron chi connectivity index (χ2n) is 11.6. The highest BCUT2D eigenvalue weighted by molar-refractivity contribution is 5.95. The molecule has 8 heteroatoms. The van der Waals surface area contributed by atoms with Crippen LogP contribution < -0.4 is 5.32 Å². The third-order valence-corrected chi connectivity index (χ3v) is 8.48. The van der Waals surface area contributed by atoms with Crippen molar-refractivity contribution >= 4 is 11.7 Å². The maximum atomic E-state index is 12.5. The van der Waals surface area contributed by atoms with Gasteiger partial charge in [-0.15, -0.1) is 10.2 Å². The van der Waals surface area contributed by atoms with E-state index < -0.39 is 5.60 Å². The maximum Gasteiger partial charge on any atom is 0.254 e. The molecule has 4 fully saturated rings. The van der Waals surface area contributed by atoms with Crippen molar-refractivity contribution in [1.82, 2.24) is 20.0 Å². The summed E-state index contributed by atoms with van der Waals surface area (Å²) in [6, 6.07) is 11.9. The van der Waals surface area contributed by atoms with Crippen molar-refractivity contribution in [3.63, 3.8) is 0 Å². The molecule has 3 saturated heterocycles. The first kappa shape index (κ1) is 23.8. The Balaban J connectivity index is 0.989. The summed E-state index contributed by atoms with van der Waals surface area (Å²) < 4.78 is 5.52. The molecular weight excluding hydrogens is 454 g/mol. The molecule has 1 aromatic heterocycles.